The van der Waals surface area contributed by atoms with Crippen molar-refractivity contribution in [3.05, 3.63) is 58.7 Å². The Balaban J connectivity index is 1.69. The molecule has 180 valence electrons. The Bertz CT molecular complexity index is 1110. The maximum Gasteiger partial charge on any atom is 0.416 e. The predicted octanol–water partition coefficient (Wildman–Crippen LogP) is 3.88. The van der Waals surface area contributed by atoms with Crippen molar-refractivity contribution in [1.82, 2.24) is 9.62 Å². The molecule has 1 fully saturated rings. The van der Waals surface area contributed by atoms with Gasteiger partial charge in [0.25, 0.3) is 0 Å². The fourth-order valence-corrected chi connectivity index (χ4v) is 5.69. The Morgan fingerprint density at radius 3 is 2.03 bits per heavy atom. The zero-order chi connectivity index (χ0) is 24.0. The second-order valence-corrected chi connectivity index (χ2v) is 9.92. The zero-order valence-corrected chi connectivity index (χ0v) is 18.1. The highest BCUT2D eigenvalue weighted by molar-refractivity contribution is 7.89. The number of nitrogens with zero attached hydrogens (tertiary/aromatic N) is 2. The summed E-state index contributed by atoms with van der Waals surface area (Å²) in [6.45, 7) is 3.00. The lowest BCUT2D eigenvalue weighted by Crippen LogP contribution is -2.44. The first-order valence-electron chi connectivity index (χ1n) is 10.2. The van der Waals surface area contributed by atoms with Crippen LogP contribution in [-0.2, 0) is 35.3 Å². The minimum atomic E-state index is -5.13. The molecule has 0 unspecified atom stereocenters. The van der Waals surface area contributed by atoms with Gasteiger partial charge >= 0.3 is 12.4 Å². The van der Waals surface area contributed by atoms with Crippen LogP contribution in [0.2, 0.25) is 0 Å². The first kappa shape index (κ1) is 23.8. The summed E-state index contributed by atoms with van der Waals surface area (Å²) >= 11 is 0. The molecule has 2 aromatic rings. The summed E-state index contributed by atoms with van der Waals surface area (Å²) in [6, 6.07) is 5.89. The van der Waals surface area contributed by atoms with Gasteiger partial charge in [-0.25, -0.2) is 8.42 Å². The van der Waals surface area contributed by atoms with Gasteiger partial charge in [-0.1, -0.05) is 12.1 Å². The van der Waals surface area contributed by atoms with Gasteiger partial charge in [-0.15, -0.1) is 0 Å². The number of piperazine rings is 1. The van der Waals surface area contributed by atoms with E-state index >= 15 is 0 Å². The first-order chi connectivity index (χ1) is 15.4. The number of hydrogen-bond acceptors (Lipinski definition) is 4. The molecule has 0 aromatic heterocycles. The zero-order valence-electron chi connectivity index (χ0n) is 17.3. The van der Waals surface area contributed by atoms with Crippen LogP contribution in [0.4, 0.5) is 32.0 Å². The maximum absolute atomic E-state index is 13.2. The van der Waals surface area contributed by atoms with E-state index in [1.807, 2.05) is 6.07 Å². The molecule has 12 heteroatoms. The molecule has 2 aromatic carbocycles. The molecule has 1 saturated heterocycles. The normalized spacial score (nSPS) is 18.3. The molecule has 0 atom stereocenters. The smallest absolute Gasteiger partial charge is 0.369 e. The third-order valence-corrected chi connectivity index (χ3v) is 7.69. The summed E-state index contributed by atoms with van der Waals surface area (Å²) in [7, 11) is -4.60. The second kappa shape index (κ2) is 8.48. The van der Waals surface area contributed by atoms with E-state index in [4.69, 9.17) is 0 Å². The van der Waals surface area contributed by atoms with Gasteiger partial charge < -0.3 is 10.2 Å². The molecular formula is C21H21F6N3O2S. The Hall–Kier alpha value is -2.31. The molecule has 0 spiro atoms. The van der Waals surface area contributed by atoms with Crippen molar-refractivity contribution in [2.45, 2.75) is 30.2 Å². The molecular weight excluding hydrogens is 472 g/mol. The lowest BCUT2D eigenvalue weighted by Gasteiger charge is -2.35. The molecule has 0 saturated carbocycles. The van der Waals surface area contributed by atoms with Gasteiger partial charge in [0.1, 0.15) is 0 Å². The fraction of sp³-hybridized carbons (Fsp3) is 0.429. The molecule has 0 bridgehead atoms. The van der Waals surface area contributed by atoms with E-state index in [1.165, 1.54) is 0 Å². The van der Waals surface area contributed by atoms with E-state index in [0.717, 1.165) is 41.7 Å². The van der Waals surface area contributed by atoms with Crippen LogP contribution in [0.1, 0.15) is 22.3 Å². The van der Waals surface area contributed by atoms with E-state index < -0.39 is 38.4 Å². The van der Waals surface area contributed by atoms with Crippen LogP contribution in [0.25, 0.3) is 0 Å². The van der Waals surface area contributed by atoms with Crippen LogP contribution in [0.3, 0.4) is 0 Å². The standard InChI is InChI=1S/C21H21F6N3O2S/c22-20(23,24)15-10-16(21(25,26)27)12-17(11-15)33(31,32)30-7-4-18-14(13-30)2-1-3-19(18)29-8-5-28-6-9-29/h1-3,10-12,28H,4-9,13H2. The molecule has 5 nitrogen and oxygen atoms in total. The number of hydrogen-bond donors (Lipinski definition) is 1. The molecule has 4 rings (SSSR count). The van der Waals surface area contributed by atoms with Crippen LogP contribution in [0.15, 0.2) is 41.3 Å². The molecule has 2 aliphatic rings. The van der Waals surface area contributed by atoms with Gasteiger partial charge in [-0.3, -0.25) is 0 Å². The molecule has 2 aliphatic heterocycles. The lowest BCUT2D eigenvalue weighted by molar-refractivity contribution is -0.143. The Morgan fingerprint density at radius 2 is 1.45 bits per heavy atom. The molecule has 33 heavy (non-hydrogen) atoms. The molecule has 0 amide bonds. The van der Waals surface area contributed by atoms with Gasteiger partial charge in [0.2, 0.25) is 10.0 Å². The Morgan fingerprint density at radius 1 is 0.848 bits per heavy atom. The largest absolute Gasteiger partial charge is 0.416 e. The lowest BCUT2D eigenvalue weighted by atomic mass is 9.98. The SMILES string of the molecule is O=S(=O)(c1cc(C(F)(F)F)cc(C(F)(F)F)c1)N1CCc2c(cccc2N2CCNCC2)C1. The predicted molar refractivity (Wildman–Crippen MR) is 109 cm³/mol. The average molecular weight is 493 g/mol. The maximum atomic E-state index is 13.2. The van der Waals surface area contributed by atoms with Crippen LogP contribution in [0.5, 0.6) is 0 Å². The molecule has 0 radical (unpaired) electrons. The fourth-order valence-electron chi connectivity index (χ4n) is 4.19. The number of alkyl halides is 6. The summed E-state index contributed by atoms with van der Waals surface area (Å²) in [5.74, 6) is 0. The number of rotatable bonds is 3. The van der Waals surface area contributed by atoms with Crippen molar-refractivity contribution in [1.29, 1.82) is 0 Å². The summed E-state index contributed by atoms with van der Waals surface area (Å²) < 4.78 is 106. The molecule has 1 N–H and O–H groups in total. The number of fused-ring (bicyclic) bond motifs is 1. The highest BCUT2D eigenvalue weighted by Gasteiger charge is 2.39. The van der Waals surface area contributed by atoms with Gasteiger partial charge in [0, 0.05) is 45.0 Å². The number of nitrogens with one attached hydrogen (secondary N) is 1. The van der Waals surface area contributed by atoms with Crippen molar-refractivity contribution >= 4 is 15.7 Å². The van der Waals surface area contributed by atoms with Crippen molar-refractivity contribution in [2.24, 2.45) is 0 Å². The summed E-state index contributed by atoms with van der Waals surface area (Å²) in [6.07, 6.45) is -9.95. The third-order valence-electron chi connectivity index (χ3n) is 5.86. The first-order valence-corrected chi connectivity index (χ1v) is 11.7. The summed E-state index contributed by atoms with van der Waals surface area (Å²) in [4.78, 5) is 1.16. The minimum absolute atomic E-state index is 0.0456. The van der Waals surface area contributed by atoms with Crippen LogP contribution in [-0.4, -0.2) is 45.4 Å². The van der Waals surface area contributed by atoms with E-state index in [-0.39, 0.29) is 31.3 Å². The van der Waals surface area contributed by atoms with Crippen LogP contribution >= 0.6 is 0 Å². The minimum Gasteiger partial charge on any atom is -0.369 e. The number of benzene rings is 2. The van der Waals surface area contributed by atoms with Crippen LogP contribution < -0.4 is 10.2 Å². The van der Waals surface area contributed by atoms with E-state index in [0.29, 0.717) is 12.0 Å². The average Bonchev–Trinajstić information content (AvgIpc) is 2.77. The van der Waals surface area contributed by atoms with E-state index in [2.05, 4.69) is 10.2 Å². The van der Waals surface area contributed by atoms with Crippen molar-refractivity contribution in [3.63, 3.8) is 0 Å². The number of sulfonamides is 1. The van der Waals surface area contributed by atoms with E-state index in [9.17, 15) is 34.8 Å². The highest BCUT2D eigenvalue weighted by Crippen LogP contribution is 2.39. The summed E-state index contributed by atoms with van der Waals surface area (Å²) in [5, 5.41) is 3.25. The van der Waals surface area contributed by atoms with E-state index in [1.54, 1.807) is 12.1 Å². The Kier molecular flexibility index (Phi) is 6.12. The van der Waals surface area contributed by atoms with Crippen molar-refractivity contribution < 1.29 is 34.8 Å². The molecule has 2 heterocycles. The number of halogens is 6. The van der Waals surface area contributed by atoms with Gasteiger partial charge in [0.05, 0.1) is 16.0 Å². The third kappa shape index (κ3) is 4.82. The highest BCUT2D eigenvalue weighted by atomic mass is 32.2. The Labute approximate surface area is 187 Å². The van der Waals surface area contributed by atoms with Gasteiger partial charge in [-0.05, 0) is 41.8 Å². The second-order valence-electron chi connectivity index (χ2n) is 7.98. The van der Waals surface area contributed by atoms with Gasteiger partial charge in [0.15, 0.2) is 0 Å². The van der Waals surface area contributed by atoms with Gasteiger partial charge in [-0.2, -0.15) is 30.6 Å². The summed E-state index contributed by atoms with van der Waals surface area (Å²) in [5.41, 5.74) is -0.706. The van der Waals surface area contributed by atoms with Crippen LogP contribution in [0, 0.1) is 0 Å². The molecule has 0 aliphatic carbocycles. The van der Waals surface area contributed by atoms with Crippen molar-refractivity contribution in [3.8, 4) is 0 Å². The quantitative estimate of drug-likeness (QED) is 0.660. The number of anilines is 1. The van der Waals surface area contributed by atoms with Crippen molar-refractivity contribution in [2.75, 3.05) is 37.6 Å². The topological polar surface area (TPSA) is 52.7 Å². The monoisotopic (exact) mass is 493 g/mol.